The van der Waals surface area contributed by atoms with Crippen LogP contribution in [0.25, 0.3) is 0 Å². The van der Waals surface area contributed by atoms with Crippen molar-refractivity contribution in [2.24, 2.45) is 5.73 Å². The van der Waals surface area contributed by atoms with Gasteiger partial charge in [0.25, 0.3) is 0 Å². The van der Waals surface area contributed by atoms with Crippen LogP contribution < -0.4 is 10.6 Å². The van der Waals surface area contributed by atoms with Crippen LogP contribution >= 0.6 is 0 Å². The Morgan fingerprint density at radius 2 is 1.78 bits per heavy atom. The third-order valence-electron chi connectivity index (χ3n) is 3.25. The van der Waals surface area contributed by atoms with E-state index in [-0.39, 0.29) is 5.78 Å². The van der Waals surface area contributed by atoms with E-state index in [9.17, 15) is 9.59 Å². The Labute approximate surface area is 107 Å². The summed E-state index contributed by atoms with van der Waals surface area (Å²) in [4.78, 5) is 25.0. The molecule has 1 unspecified atom stereocenters. The Bertz CT molecular complexity index is 441. The first-order valence-corrected chi connectivity index (χ1v) is 6.24. The maximum atomic E-state index is 11.7. The standard InChI is InChI=1S/C14H18N2O2/c1-10(15)14(18)11-2-4-12(5-3-11)16-8-6-13(17)7-9-16/h2-5,10H,6-9,15H2,1H3. The second kappa shape index (κ2) is 5.31. The van der Waals surface area contributed by atoms with Gasteiger partial charge in [0.05, 0.1) is 6.04 Å². The van der Waals surface area contributed by atoms with Crippen molar-refractivity contribution >= 4 is 17.3 Å². The SMILES string of the molecule is CC(N)C(=O)c1ccc(N2CCC(=O)CC2)cc1. The smallest absolute Gasteiger partial charge is 0.179 e. The van der Waals surface area contributed by atoms with Gasteiger partial charge in [-0.15, -0.1) is 0 Å². The largest absolute Gasteiger partial charge is 0.371 e. The van der Waals surface area contributed by atoms with Gasteiger partial charge in [0.1, 0.15) is 5.78 Å². The fourth-order valence-electron chi connectivity index (χ4n) is 2.11. The highest BCUT2D eigenvalue weighted by Crippen LogP contribution is 2.19. The average molecular weight is 246 g/mol. The lowest BCUT2D eigenvalue weighted by molar-refractivity contribution is -0.119. The Hall–Kier alpha value is -1.68. The van der Waals surface area contributed by atoms with Crippen molar-refractivity contribution in [3.63, 3.8) is 0 Å². The van der Waals surface area contributed by atoms with Gasteiger partial charge in [0.15, 0.2) is 5.78 Å². The number of ketones is 2. The zero-order valence-corrected chi connectivity index (χ0v) is 10.6. The van der Waals surface area contributed by atoms with Crippen molar-refractivity contribution < 1.29 is 9.59 Å². The van der Waals surface area contributed by atoms with Gasteiger partial charge < -0.3 is 10.6 Å². The highest BCUT2D eigenvalue weighted by atomic mass is 16.1. The zero-order valence-electron chi connectivity index (χ0n) is 10.6. The normalized spacial score (nSPS) is 17.7. The average Bonchev–Trinajstić information content (AvgIpc) is 2.39. The minimum Gasteiger partial charge on any atom is -0.371 e. The highest BCUT2D eigenvalue weighted by molar-refractivity contribution is 5.99. The monoisotopic (exact) mass is 246 g/mol. The number of carbonyl (C=O) groups is 2. The molecule has 1 heterocycles. The highest BCUT2D eigenvalue weighted by Gasteiger charge is 2.17. The summed E-state index contributed by atoms with van der Waals surface area (Å²) in [7, 11) is 0. The lowest BCUT2D eigenvalue weighted by Crippen LogP contribution is -2.33. The van der Waals surface area contributed by atoms with Crippen LogP contribution in [0.2, 0.25) is 0 Å². The van der Waals surface area contributed by atoms with Crippen LogP contribution in [0.4, 0.5) is 5.69 Å². The third kappa shape index (κ3) is 2.76. The maximum absolute atomic E-state index is 11.7. The fraction of sp³-hybridized carbons (Fsp3) is 0.429. The number of nitrogens with zero attached hydrogens (tertiary/aromatic N) is 1. The summed E-state index contributed by atoms with van der Waals surface area (Å²) in [5, 5.41) is 0. The molecule has 1 aromatic rings. The van der Waals surface area contributed by atoms with Gasteiger partial charge in [-0.25, -0.2) is 0 Å². The molecular weight excluding hydrogens is 228 g/mol. The van der Waals surface area contributed by atoms with E-state index >= 15 is 0 Å². The van der Waals surface area contributed by atoms with Gasteiger partial charge in [-0.2, -0.15) is 0 Å². The van der Waals surface area contributed by atoms with E-state index in [1.54, 1.807) is 19.1 Å². The lowest BCUT2D eigenvalue weighted by atomic mass is 10.0. The quantitative estimate of drug-likeness (QED) is 0.818. The molecule has 1 aliphatic heterocycles. The molecule has 0 saturated carbocycles. The summed E-state index contributed by atoms with van der Waals surface area (Å²) in [6, 6.07) is 6.98. The molecule has 0 bridgehead atoms. The maximum Gasteiger partial charge on any atom is 0.179 e. The molecular formula is C14H18N2O2. The molecule has 0 aliphatic carbocycles. The summed E-state index contributed by atoms with van der Waals surface area (Å²) in [6.45, 7) is 3.21. The molecule has 1 fully saturated rings. The van der Waals surface area contributed by atoms with Crippen molar-refractivity contribution in [2.45, 2.75) is 25.8 Å². The summed E-state index contributed by atoms with van der Waals surface area (Å²) < 4.78 is 0. The van der Waals surface area contributed by atoms with E-state index in [2.05, 4.69) is 4.90 Å². The minimum absolute atomic E-state index is 0.0460. The van der Waals surface area contributed by atoms with Crippen molar-refractivity contribution in [1.82, 2.24) is 0 Å². The lowest BCUT2D eigenvalue weighted by Gasteiger charge is -2.28. The zero-order chi connectivity index (χ0) is 13.1. The molecule has 96 valence electrons. The van der Waals surface area contributed by atoms with Crippen LogP contribution in [-0.2, 0) is 4.79 Å². The van der Waals surface area contributed by atoms with E-state index in [0.29, 0.717) is 24.2 Å². The minimum atomic E-state index is -0.469. The first-order chi connectivity index (χ1) is 8.58. The molecule has 4 nitrogen and oxygen atoms in total. The first-order valence-electron chi connectivity index (χ1n) is 6.24. The molecule has 1 aromatic carbocycles. The topological polar surface area (TPSA) is 63.4 Å². The predicted molar refractivity (Wildman–Crippen MR) is 70.9 cm³/mol. The summed E-state index contributed by atoms with van der Waals surface area (Å²) in [5.74, 6) is 0.283. The van der Waals surface area contributed by atoms with Crippen LogP contribution in [0.1, 0.15) is 30.1 Å². The van der Waals surface area contributed by atoms with Crippen LogP contribution in [0.3, 0.4) is 0 Å². The molecule has 1 atom stereocenters. The number of hydrogen-bond acceptors (Lipinski definition) is 4. The van der Waals surface area contributed by atoms with Crippen LogP contribution in [0, 0.1) is 0 Å². The number of benzene rings is 1. The number of nitrogens with two attached hydrogens (primary N) is 1. The number of piperidine rings is 1. The van der Waals surface area contributed by atoms with Gasteiger partial charge in [-0.05, 0) is 31.2 Å². The van der Waals surface area contributed by atoms with E-state index in [0.717, 1.165) is 18.8 Å². The Morgan fingerprint density at radius 3 is 2.28 bits per heavy atom. The van der Waals surface area contributed by atoms with E-state index < -0.39 is 6.04 Å². The van der Waals surface area contributed by atoms with Crippen LogP contribution in [0.15, 0.2) is 24.3 Å². The van der Waals surface area contributed by atoms with Crippen molar-refractivity contribution in [1.29, 1.82) is 0 Å². The predicted octanol–water partition coefficient (Wildman–Crippen LogP) is 1.39. The third-order valence-corrected chi connectivity index (χ3v) is 3.25. The van der Waals surface area contributed by atoms with E-state index in [1.807, 2.05) is 12.1 Å². The molecule has 0 radical (unpaired) electrons. The van der Waals surface area contributed by atoms with Gasteiger partial charge >= 0.3 is 0 Å². The van der Waals surface area contributed by atoms with Gasteiger partial charge in [0.2, 0.25) is 0 Å². The molecule has 2 rings (SSSR count). The molecule has 1 aliphatic rings. The number of anilines is 1. The Morgan fingerprint density at radius 1 is 1.22 bits per heavy atom. The summed E-state index contributed by atoms with van der Waals surface area (Å²) >= 11 is 0. The Kier molecular flexibility index (Phi) is 3.77. The van der Waals surface area contributed by atoms with Gasteiger partial charge in [-0.1, -0.05) is 0 Å². The van der Waals surface area contributed by atoms with E-state index in [4.69, 9.17) is 5.73 Å². The Balaban J connectivity index is 2.08. The number of Topliss-reactive ketones (excluding diaryl/α,β-unsaturated/α-hetero) is 2. The number of hydrogen-bond donors (Lipinski definition) is 1. The number of rotatable bonds is 3. The second-order valence-corrected chi connectivity index (χ2v) is 4.73. The number of carbonyl (C=O) groups excluding carboxylic acids is 2. The van der Waals surface area contributed by atoms with Crippen molar-refractivity contribution in [3.05, 3.63) is 29.8 Å². The van der Waals surface area contributed by atoms with Crippen LogP contribution in [0.5, 0.6) is 0 Å². The molecule has 0 aromatic heterocycles. The van der Waals surface area contributed by atoms with Crippen molar-refractivity contribution in [3.8, 4) is 0 Å². The summed E-state index contributed by atoms with van der Waals surface area (Å²) in [5.41, 5.74) is 7.27. The van der Waals surface area contributed by atoms with Gasteiger partial charge in [0, 0.05) is 37.2 Å². The molecule has 4 heteroatoms. The molecule has 0 amide bonds. The van der Waals surface area contributed by atoms with Crippen LogP contribution in [-0.4, -0.2) is 30.7 Å². The van der Waals surface area contributed by atoms with E-state index in [1.165, 1.54) is 0 Å². The molecule has 0 spiro atoms. The van der Waals surface area contributed by atoms with Gasteiger partial charge in [-0.3, -0.25) is 9.59 Å². The van der Waals surface area contributed by atoms with Crippen molar-refractivity contribution in [2.75, 3.05) is 18.0 Å². The molecule has 1 saturated heterocycles. The second-order valence-electron chi connectivity index (χ2n) is 4.73. The molecule has 2 N–H and O–H groups in total. The summed E-state index contributed by atoms with van der Waals surface area (Å²) in [6.07, 6.45) is 1.22. The first kappa shape index (κ1) is 12.8. The fourth-order valence-corrected chi connectivity index (χ4v) is 2.11. The molecule has 18 heavy (non-hydrogen) atoms.